The summed E-state index contributed by atoms with van der Waals surface area (Å²) in [5.74, 6) is -4.61. The van der Waals surface area contributed by atoms with Crippen molar-refractivity contribution in [1.29, 1.82) is 0 Å². The summed E-state index contributed by atoms with van der Waals surface area (Å²) in [7, 11) is 0. The first-order valence-electron chi connectivity index (χ1n) is 17.9. The fourth-order valence-electron chi connectivity index (χ4n) is 8.95. The van der Waals surface area contributed by atoms with Gasteiger partial charge in [-0.2, -0.15) is 0 Å². The van der Waals surface area contributed by atoms with Gasteiger partial charge in [-0.1, -0.05) is 32.0 Å². The number of ketones is 1. The van der Waals surface area contributed by atoms with Gasteiger partial charge < -0.3 is 54.2 Å². The minimum atomic E-state index is -2.32. The van der Waals surface area contributed by atoms with Crippen LogP contribution in [0.1, 0.15) is 83.3 Å². The van der Waals surface area contributed by atoms with Crippen molar-refractivity contribution in [2.75, 3.05) is 6.61 Å². The predicted molar refractivity (Wildman–Crippen MR) is 186 cm³/mol. The van der Waals surface area contributed by atoms with Crippen LogP contribution in [0.4, 0.5) is 4.79 Å². The molecule has 2 saturated carbocycles. The molecule has 15 nitrogen and oxygen atoms in total. The van der Waals surface area contributed by atoms with Crippen LogP contribution in [0.2, 0.25) is 0 Å². The molecule has 0 radical (unpaired) electrons. The monoisotopic (exact) mass is 755 g/mol. The third-order valence-corrected chi connectivity index (χ3v) is 12.0. The van der Waals surface area contributed by atoms with Crippen LogP contribution in [0.5, 0.6) is 0 Å². The summed E-state index contributed by atoms with van der Waals surface area (Å²) in [6.07, 6.45) is -8.92. The highest BCUT2D eigenvalue weighted by Gasteiger charge is 2.76. The number of hydrogen-bond acceptors (Lipinski definition) is 14. The number of amides is 1. The molecular formula is C39H49NO14. The molecule has 15 heteroatoms. The number of Topliss-reactive ketones (excluding diaryl/α,β-unsaturated/α-hetero) is 1. The van der Waals surface area contributed by atoms with E-state index in [9.17, 15) is 44.7 Å². The van der Waals surface area contributed by atoms with Gasteiger partial charge in [0.25, 0.3) is 0 Å². The van der Waals surface area contributed by atoms with E-state index >= 15 is 0 Å². The maximum absolute atomic E-state index is 14.7. The Balaban J connectivity index is 1.45. The Kier molecular flexibility index (Phi) is 9.94. The van der Waals surface area contributed by atoms with Crippen LogP contribution in [0, 0.1) is 16.7 Å². The van der Waals surface area contributed by atoms with Crippen molar-refractivity contribution in [1.82, 2.24) is 5.32 Å². The summed E-state index contributed by atoms with van der Waals surface area (Å²) in [5.41, 5.74) is -8.32. The van der Waals surface area contributed by atoms with Gasteiger partial charge in [0.2, 0.25) is 0 Å². The second-order valence-corrected chi connectivity index (χ2v) is 16.7. The lowest BCUT2D eigenvalue weighted by Crippen LogP contribution is -2.81. The highest BCUT2D eigenvalue weighted by Crippen LogP contribution is 2.63. The van der Waals surface area contributed by atoms with Crippen molar-refractivity contribution >= 4 is 23.8 Å². The highest BCUT2D eigenvalue weighted by molar-refractivity contribution is 5.94. The molecular weight excluding hydrogens is 706 g/mol. The Hall–Kier alpha value is -4.12. The van der Waals surface area contributed by atoms with E-state index in [1.807, 2.05) is 0 Å². The highest BCUT2D eigenvalue weighted by atomic mass is 16.6. The summed E-state index contributed by atoms with van der Waals surface area (Å²) >= 11 is 0. The van der Waals surface area contributed by atoms with Crippen molar-refractivity contribution in [3.63, 3.8) is 0 Å². The molecule has 1 aromatic carbocycles. The number of nitrogens with one attached hydrogen (secondary N) is 1. The Bertz CT molecular complexity index is 1820. The zero-order valence-electron chi connectivity index (χ0n) is 31.3. The molecule has 6 rings (SSSR count). The number of aliphatic hydroxyl groups excluding tert-OH is 3. The van der Waals surface area contributed by atoms with E-state index in [-0.39, 0.29) is 35.3 Å². The number of fused-ring (bicyclic) bond motifs is 5. The van der Waals surface area contributed by atoms with E-state index in [4.69, 9.17) is 23.4 Å². The number of hydrogen-bond donors (Lipinski definition) is 6. The zero-order chi connectivity index (χ0) is 39.8. The average Bonchev–Trinajstić information content (AvgIpc) is 3.63. The van der Waals surface area contributed by atoms with Gasteiger partial charge in [0.15, 0.2) is 11.9 Å². The van der Waals surface area contributed by atoms with Crippen molar-refractivity contribution in [2.45, 2.75) is 121 Å². The van der Waals surface area contributed by atoms with Gasteiger partial charge in [-0.3, -0.25) is 4.79 Å². The van der Waals surface area contributed by atoms with Crippen LogP contribution < -0.4 is 5.32 Å². The van der Waals surface area contributed by atoms with Gasteiger partial charge in [0, 0.05) is 29.7 Å². The van der Waals surface area contributed by atoms with Gasteiger partial charge in [-0.25, -0.2) is 14.4 Å². The standard InChI is InChI=1S/C39H49NO14/c1-19-22(52-33(46)28(43)26(21-13-14-50-17-21)40-34(47)54-35(2,3)4)16-39(49)31(53-32(45)20-11-9-8-10-12-20)29-37(7,23(41)15-24-38(29,48)18-51-24)30(44)27(42)25(19)36(39,5)6/h8-14,17,22-24,26-29,31,41-43,48-49H,15-16,18H2,1-7H3,(H,40,47)/t22?,23-,24+,26-,27+,28+,29-,31-,37+,38-,39+/m0/s1. The van der Waals surface area contributed by atoms with Crippen LogP contribution in [0.15, 0.2) is 64.5 Å². The average molecular weight is 756 g/mol. The summed E-state index contributed by atoms with van der Waals surface area (Å²) in [4.78, 5) is 55.2. The molecule has 2 bridgehead atoms. The van der Waals surface area contributed by atoms with Crippen molar-refractivity contribution in [3.05, 3.63) is 71.2 Å². The van der Waals surface area contributed by atoms with E-state index < -0.39 is 106 Å². The van der Waals surface area contributed by atoms with Crippen LogP contribution in [0.25, 0.3) is 0 Å². The molecule has 1 amide bonds. The summed E-state index contributed by atoms with van der Waals surface area (Å²) in [6, 6.07) is 7.85. The normalized spacial score (nSPS) is 35.5. The van der Waals surface area contributed by atoms with E-state index in [0.717, 1.165) is 0 Å². The first-order valence-corrected chi connectivity index (χ1v) is 17.9. The molecule has 1 aromatic heterocycles. The van der Waals surface area contributed by atoms with Crippen LogP contribution in [-0.4, -0.2) is 109 Å². The minimum absolute atomic E-state index is 0.0570. The Morgan fingerprint density at radius 3 is 2.26 bits per heavy atom. The van der Waals surface area contributed by atoms with Crippen molar-refractivity contribution in [3.8, 4) is 0 Å². The maximum Gasteiger partial charge on any atom is 0.408 e. The lowest BCUT2D eigenvalue weighted by molar-refractivity contribution is -0.343. The predicted octanol–water partition coefficient (Wildman–Crippen LogP) is 2.28. The number of ether oxygens (including phenoxy) is 4. The molecule has 1 saturated heterocycles. The van der Waals surface area contributed by atoms with Gasteiger partial charge in [-0.05, 0) is 64.0 Å². The third-order valence-electron chi connectivity index (χ3n) is 12.0. The van der Waals surface area contributed by atoms with Gasteiger partial charge >= 0.3 is 18.0 Å². The zero-order valence-corrected chi connectivity index (χ0v) is 31.3. The lowest BCUT2D eigenvalue weighted by atomic mass is 9.44. The first-order chi connectivity index (χ1) is 25.1. The number of furan rings is 1. The molecule has 4 aliphatic rings. The van der Waals surface area contributed by atoms with Gasteiger partial charge in [0.1, 0.15) is 35.1 Å². The molecule has 3 fully saturated rings. The van der Waals surface area contributed by atoms with Crippen molar-refractivity contribution < 1.29 is 68.1 Å². The lowest BCUT2D eigenvalue weighted by Gasteiger charge is -2.66. The first kappa shape index (κ1) is 39.6. The summed E-state index contributed by atoms with van der Waals surface area (Å²) < 4.78 is 28.2. The molecule has 3 aliphatic carbocycles. The topological polar surface area (TPSA) is 232 Å². The van der Waals surface area contributed by atoms with Gasteiger partial charge in [-0.15, -0.1) is 0 Å². The van der Waals surface area contributed by atoms with E-state index in [0.29, 0.717) is 0 Å². The smallest absolute Gasteiger partial charge is 0.408 e. The molecule has 294 valence electrons. The number of rotatable bonds is 7. The second kappa shape index (κ2) is 13.6. The molecule has 1 aliphatic heterocycles. The summed E-state index contributed by atoms with van der Waals surface area (Å²) in [5, 5.41) is 62.9. The van der Waals surface area contributed by atoms with E-state index in [1.54, 1.807) is 52.8 Å². The molecule has 2 heterocycles. The Labute approximate surface area is 312 Å². The third kappa shape index (κ3) is 6.24. The number of aliphatic hydroxyl groups is 5. The van der Waals surface area contributed by atoms with E-state index in [1.165, 1.54) is 44.6 Å². The fraction of sp³-hybridized carbons (Fsp3) is 0.590. The number of carbonyl (C=O) groups excluding carboxylic acids is 4. The van der Waals surface area contributed by atoms with Crippen molar-refractivity contribution in [2.24, 2.45) is 16.7 Å². The number of alkyl carbamates (subject to hydrolysis) is 1. The van der Waals surface area contributed by atoms with E-state index in [2.05, 4.69) is 5.32 Å². The quantitative estimate of drug-likeness (QED) is 0.135. The SMILES string of the molecule is CC1=C2[C@@H](O)C(=O)[C@@]3(C)[C@H]([C@H](OC(=O)c4ccccc4)[C@](O)(CC1OC(=O)[C@H](O)[C@@H](NC(=O)OC(C)(C)C)c1ccoc1)C2(C)C)[C@]1(O)CO[C@@H]1C[C@@H]3O. The Morgan fingerprint density at radius 2 is 1.69 bits per heavy atom. The molecule has 11 atom stereocenters. The molecule has 1 unspecified atom stereocenters. The van der Waals surface area contributed by atoms with Crippen LogP contribution in [-0.2, 0) is 28.5 Å². The van der Waals surface area contributed by atoms with Gasteiger partial charge in [0.05, 0.1) is 48.4 Å². The number of carbonyl (C=O) groups is 4. The maximum atomic E-state index is 14.7. The minimum Gasteiger partial charge on any atom is -0.472 e. The molecule has 6 N–H and O–H groups in total. The second-order valence-electron chi connectivity index (χ2n) is 16.7. The molecule has 0 spiro atoms. The van der Waals surface area contributed by atoms with Crippen LogP contribution >= 0.6 is 0 Å². The number of esters is 2. The Morgan fingerprint density at radius 1 is 1.02 bits per heavy atom. The molecule has 54 heavy (non-hydrogen) atoms. The number of benzene rings is 1. The summed E-state index contributed by atoms with van der Waals surface area (Å²) in [6.45, 7) is 10.5. The largest absolute Gasteiger partial charge is 0.472 e. The molecule has 2 aromatic rings. The van der Waals surface area contributed by atoms with Crippen LogP contribution in [0.3, 0.4) is 0 Å². The fourth-order valence-corrected chi connectivity index (χ4v) is 8.95.